The molecule has 2 rings (SSSR count). The number of carboxylic acid groups (broad SMARTS) is 1. The summed E-state index contributed by atoms with van der Waals surface area (Å²) >= 11 is 0. The first-order chi connectivity index (χ1) is 8.37. The minimum absolute atomic E-state index is 0.325. The van der Waals surface area contributed by atoms with E-state index in [1.807, 2.05) is 0 Å². The summed E-state index contributed by atoms with van der Waals surface area (Å²) in [6, 6.07) is 3.69. The van der Waals surface area contributed by atoms with Crippen LogP contribution in [0.5, 0.6) is 5.75 Å². The SMILES string of the molecule is O=C(O)N1CCCc2cc(OC(F)(F)F)ccc21. The van der Waals surface area contributed by atoms with E-state index in [-0.39, 0.29) is 5.75 Å². The number of benzene rings is 1. The molecule has 0 radical (unpaired) electrons. The van der Waals surface area contributed by atoms with Crippen LogP contribution in [0.4, 0.5) is 23.7 Å². The highest BCUT2D eigenvalue weighted by atomic mass is 19.4. The van der Waals surface area contributed by atoms with E-state index in [1.54, 1.807) is 0 Å². The number of anilines is 1. The van der Waals surface area contributed by atoms with E-state index < -0.39 is 12.5 Å². The van der Waals surface area contributed by atoms with E-state index in [9.17, 15) is 18.0 Å². The van der Waals surface area contributed by atoms with Gasteiger partial charge in [-0.2, -0.15) is 0 Å². The lowest BCUT2D eigenvalue weighted by Gasteiger charge is -2.27. The molecule has 1 aromatic carbocycles. The van der Waals surface area contributed by atoms with Gasteiger partial charge in [0.1, 0.15) is 5.75 Å². The molecule has 0 aromatic heterocycles. The van der Waals surface area contributed by atoms with Crippen LogP contribution in [0.2, 0.25) is 0 Å². The Kier molecular flexibility index (Phi) is 3.06. The van der Waals surface area contributed by atoms with Crippen LogP contribution < -0.4 is 9.64 Å². The first-order valence-electron chi connectivity index (χ1n) is 5.26. The van der Waals surface area contributed by atoms with Crippen molar-refractivity contribution in [2.75, 3.05) is 11.4 Å². The molecule has 1 aromatic rings. The molecule has 98 valence electrons. The maximum Gasteiger partial charge on any atom is 0.573 e. The molecule has 18 heavy (non-hydrogen) atoms. The second-order valence-corrected chi connectivity index (χ2v) is 3.88. The van der Waals surface area contributed by atoms with Crippen molar-refractivity contribution in [1.29, 1.82) is 0 Å². The summed E-state index contributed by atoms with van der Waals surface area (Å²) in [6.45, 7) is 0.349. The van der Waals surface area contributed by atoms with Crippen LogP contribution in [0.15, 0.2) is 18.2 Å². The van der Waals surface area contributed by atoms with Gasteiger partial charge < -0.3 is 9.84 Å². The molecule has 1 N–H and O–H groups in total. The summed E-state index contributed by atoms with van der Waals surface area (Å²) in [5.74, 6) is -0.325. The zero-order chi connectivity index (χ0) is 13.3. The van der Waals surface area contributed by atoms with Gasteiger partial charge in [0.15, 0.2) is 0 Å². The van der Waals surface area contributed by atoms with Crippen LogP contribution in [0.25, 0.3) is 0 Å². The molecule has 0 saturated heterocycles. The van der Waals surface area contributed by atoms with Crippen molar-refractivity contribution >= 4 is 11.8 Å². The average Bonchev–Trinajstić information content (AvgIpc) is 2.25. The maximum atomic E-state index is 12.1. The third-order valence-corrected chi connectivity index (χ3v) is 2.63. The summed E-state index contributed by atoms with van der Waals surface area (Å²) in [4.78, 5) is 12.1. The molecule has 1 heterocycles. The number of carbonyl (C=O) groups is 1. The first kappa shape index (κ1) is 12.5. The van der Waals surface area contributed by atoms with Crippen LogP contribution in [0.1, 0.15) is 12.0 Å². The highest BCUT2D eigenvalue weighted by molar-refractivity contribution is 5.87. The molecule has 1 amide bonds. The van der Waals surface area contributed by atoms with Crippen LogP contribution >= 0.6 is 0 Å². The molecule has 1 aliphatic heterocycles. The largest absolute Gasteiger partial charge is 0.573 e. The highest BCUT2D eigenvalue weighted by Crippen LogP contribution is 2.32. The summed E-state index contributed by atoms with van der Waals surface area (Å²) in [5.41, 5.74) is 0.966. The Hall–Kier alpha value is -1.92. The monoisotopic (exact) mass is 261 g/mol. The predicted molar refractivity (Wildman–Crippen MR) is 56.8 cm³/mol. The molecule has 0 spiro atoms. The topological polar surface area (TPSA) is 49.8 Å². The Labute approximate surface area is 101 Å². The van der Waals surface area contributed by atoms with Crippen molar-refractivity contribution in [3.8, 4) is 5.75 Å². The normalized spacial score (nSPS) is 15.2. The molecule has 0 atom stereocenters. The lowest BCUT2D eigenvalue weighted by molar-refractivity contribution is -0.274. The second kappa shape index (κ2) is 4.40. The van der Waals surface area contributed by atoms with Crippen LogP contribution in [0, 0.1) is 0 Å². The molecule has 0 saturated carbocycles. The lowest BCUT2D eigenvalue weighted by Crippen LogP contribution is -2.34. The molecule has 1 aliphatic rings. The number of aryl methyl sites for hydroxylation is 1. The van der Waals surface area contributed by atoms with Gasteiger partial charge in [-0.15, -0.1) is 13.2 Å². The summed E-state index contributed by atoms with van der Waals surface area (Å²) in [6.07, 6.45) is -4.74. The van der Waals surface area contributed by atoms with Crippen molar-refractivity contribution in [3.63, 3.8) is 0 Å². The standard InChI is InChI=1S/C11H10F3NO3/c12-11(13,14)18-8-3-4-9-7(6-8)2-1-5-15(9)10(16)17/h3-4,6H,1-2,5H2,(H,16,17). The molecule has 4 nitrogen and oxygen atoms in total. The highest BCUT2D eigenvalue weighted by Gasteiger charge is 2.32. The number of ether oxygens (including phenoxy) is 1. The quantitative estimate of drug-likeness (QED) is 0.845. The minimum Gasteiger partial charge on any atom is -0.465 e. The van der Waals surface area contributed by atoms with Crippen molar-refractivity contribution in [3.05, 3.63) is 23.8 Å². The zero-order valence-corrected chi connectivity index (χ0v) is 9.20. The van der Waals surface area contributed by atoms with Crippen molar-refractivity contribution < 1.29 is 27.8 Å². The van der Waals surface area contributed by atoms with E-state index in [0.717, 1.165) is 11.0 Å². The van der Waals surface area contributed by atoms with Crippen molar-refractivity contribution in [2.45, 2.75) is 19.2 Å². The molecular weight excluding hydrogens is 251 g/mol. The molecule has 0 bridgehead atoms. The number of fused-ring (bicyclic) bond motifs is 1. The number of hydrogen-bond acceptors (Lipinski definition) is 2. The number of alkyl halides is 3. The Morgan fingerprint density at radius 2 is 2.11 bits per heavy atom. The van der Waals surface area contributed by atoms with Crippen molar-refractivity contribution in [2.24, 2.45) is 0 Å². The fourth-order valence-electron chi connectivity index (χ4n) is 1.97. The van der Waals surface area contributed by atoms with Gasteiger partial charge in [0.2, 0.25) is 0 Å². The van der Waals surface area contributed by atoms with Gasteiger partial charge in [0.25, 0.3) is 0 Å². The van der Waals surface area contributed by atoms with Gasteiger partial charge in [0.05, 0.1) is 5.69 Å². The molecule has 0 unspecified atom stereocenters. The first-order valence-corrected chi connectivity index (χ1v) is 5.26. The number of halogens is 3. The van der Waals surface area contributed by atoms with Crippen LogP contribution in [0.3, 0.4) is 0 Å². The lowest BCUT2D eigenvalue weighted by atomic mass is 10.0. The fraction of sp³-hybridized carbons (Fsp3) is 0.364. The summed E-state index contributed by atoms with van der Waals surface area (Å²) in [5, 5.41) is 8.96. The Bertz CT molecular complexity index is 473. The van der Waals surface area contributed by atoms with E-state index in [0.29, 0.717) is 30.6 Å². The van der Waals surface area contributed by atoms with Gasteiger partial charge in [-0.1, -0.05) is 0 Å². The third-order valence-electron chi connectivity index (χ3n) is 2.63. The molecule has 7 heteroatoms. The van der Waals surface area contributed by atoms with Gasteiger partial charge in [-0.3, -0.25) is 4.90 Å². The molecular formula is C11H10F3NO3. The number of nitrogens with zero attached hydrogens (tertiary/aromatic N) is 1. The van der Waals surface area contributed by atoms with E-state index >= 15 is 0 Å². The van der Waals surface area contributed by atoms with Crippen LogP contribution in [-0.2, 0) is 6.42 Å². The predicted octanol–water partition coefficient (Wildman–Crippen LogP) is 3.02. The number of hydrogen-bond donors (Lipinski definition) is 1. The Morgan fingerprint density at radius 1 is 1.39 bits per heavy atom. The molecule has 0 aliphatic carbocycles. The average molecular weight is 261 g/mol. The van der Waals surface area contributed by atoms with Gasteiger partial charge in [-0.05, 0) is 36.6 Å². The Balaban J connectivity index is 2.30. The third kappa shape index (κ3) is 2.66. The Morgan fingerprint density at radius 3 is 2.72 bits per heavy atom. The van der Waals surface area contributed by atoms with E-state index in [2.05, 4.69) is 4.74 Å². The van der Waals surface area contributed by atoms with Crippen LogP contribution in [-0.4, -0.2) is 24.1 Å². The number of amides is 1. The zero-order valence-electron chi connectivity index (χ0n) is 9.20. The van der Waals surface area contributed by atoms with E-state index in [4.69, 9.17) is 5.11 Å². The minimum atomic E-state index is -4.74. The van der Waals surface area contributed by atoms with Gasteiger partial charge >= 0.3 is 12.5 Å². The second-order valence-electron chi connectivity index (χ2n) is 3.88. The van der Waals surface area contributed by atoms with Crippen molar-refractivity contribution in [1.82, 2.24) is 0 Å². The smallest absolute Gasteiger partial charge is 0.465 e. The maximum absolute atomic E-state index is 12.1. The van der Waals surface area contributed by atoms with E-state index in [1.165, 1.54) is 12.1 Å². The summed E-state index contributed by atoms with van der Waals surface area (Å²) in [7, 11) is 0. The summed E-state index contributed by atoms with van der Waals surface area (Å²) < 4.78 is 40.0. The van der Waals surface area contributed by atoms with Gasteiger partial charge in [0, 0.05) is 6.54 Å². The molecule has 0 fully saturated rings. The van der Waals surface area contributed by atoms with Gasteiger partial charge in [-0.25, -0.2) is 4.79 Å². The fourth-order valence-corrected chi connectivity index (χ4v) is 1.97. The number of rotatable bonds is 1.